The van der Waals surface area contributed by atoms with Crippen molar-refractivity contribution in [2.24, 2.45) is 0 Å². The number of hydrogen-bond acceptors (Lipinski definition) is 2. The van der Waals surface area contributed by atoms with Crippen LogP contribution >= 0.6 is 0 Å². The monoisotopic (exact) mass is 330 g/mol. The highest BCUT2D eigenvalue weighted by atomic mass is 19.1. The number of halogens is 2. The summed E-state index contributed by atoms with van der Waals surface area (Å²) in [6.45, 7) is 5.51. The minimum Gasteiger partial charge on any atom is -0.336 e. The fourth-order valence-electron chi connectivity index (χ4n) is 2.92. The van der Waals surface area contributed by atoms with Crippen LogP contribution < -0.4 is 0 Å². The Morgan fingerprint density at radius 1 is 0.958 bits per heavy atom. The Labute approximate surface area is 140 Å². The highest BCUT2D eigenvalue weighted by Gasteiger charge is 2.22. The Bertz CT molecular complexity index is 702. The molecular weight excluding hydrogens is 310 g/mol. The van der Waals surface area contributed by atoms with E-state index >= 15 is 0 Å². The van der Waals surface area contributed by atoms with E-state index in [1.54, 1.807) is 4.90 Å². The first-order valence-corrected chi connectivity index (χ1v) is 8.04. The first-order chi connectivity index (χ1) is 11.5. The Balaban J connectivity index is 1.58. The highest BCUT2D eigenvalue weighted by molar-refractivity contribution is 5.94. The molecule has 1 heterocycles. The molecule has 5 heteroatoms. The summed E-state index contributed by atoms with van der Waals surface area (Å²) in [6.07, 6.45) is 0. The summed E-state index contributed by atoms with van der Waals surface area (Å²) in [5.74, 6) is -1.77. The van der Waals surface area contributed by atoms with Crippen molar-refractivity contribution in [1.29, 1.82) is 0 Å². The maximum absolute atomic E-state index is 13.3. The molecule has 1 aliphatic rings. The zero-order valence-electron chi connectivity index (χ0n) is 13.6. The highest BCUT2D eigenvalue weighted by Crippen LogP contribution is 2.14. The van der Waals surface area contributed by atoms with Crippen LogP contribution in [-0.4, -0.2) is 41.9 Å². The Hall–Kier alpha value is -2.27. The molecule has 1 fully saturated rings. The average molecular weight is 330 g/mol. The van der Waals surface area contributed by atoms with Gasteiger partial charge in [-0.05, 0) is 24.6 Å². The van der Waals surface area contributed by atoms with Gasteiger partial charge in [0.25, 0.3) is 5.91 Å². The van der Waals surface area contributed by atoms with Crippen LogP contribution in [0.3, 0.4) is 0 Å². The van der Waals surface area contributed by atoms with Crippen molar-refractivity contribution in [2.45, 2.75) is 13.5 Å². The molecule has 2 aromatic carbocycles. The molecule has 0 radical (unpaired) electrons. The molecule has 0 aliphatic carbocycles. The predicted octanol–water partition coefficient (Wildman–Crippen LogP) is 3.23. The third-order valence-electron chi connectivity index (χ3n) is 4.30. The SMILES string of the molecule is Cc1ccc(CN2CCN(C(=O)c3cc(F)cc(F)c3)CC2)cc1. The van der Waals surface area contributed by atoms with Gasteiger partial charge in [0, 0.05) is 44.4 Å². The van der Waals surface area contributed by atoms with Crippen LogP contribution in [-0.2, 0) is 6.54 Å². The normalized spacial score (nSPS) is 15.5. The summed E-state index contributed by atoms with van der Waals surface area (Å²) < 4.78 is 26.5. The van der Waals surface area contributed by atoms with E-state index in [1.165, 1.54) is 11.1 Å². The quantitative estimate of drug-likeness (QED) is 0.863. The molecule has 3 nitrogen and oxygen atoms in total. The summed E-state index contributed by atoms with van der Waals surface area (Å²) in [6, 6.07) is 11.4. The van der Waals surface area contributed by atoms with Crippen molar-refractivity contribution in [3.05, 3.63) is 70.8 Å². The van der Waals surface area contributed by atoms with E-state index in [0.717, 1.165) is 37.8 Å². The molecule has 0 N–H and O–H groups in total. The van der Waals surface area contributed by atoms with E-state index in [1.807, 2.05) is 0 Å². The van der Waals surface area contributed by atoms with Crippen LogP contribution in [0.5, 0.6) is 0 Å². The van der Waals surface area contributed by atoms with Crippen LogP contribution in [0, 0.1) is 18.6 Å². The summed E-state index contributed by atoms with van der Waals surface area (Å²) in [5.41, 5.74) is 2.54. The van der Waals surface area contributed by atoms with E-state index in [9.17, 15) is 13.6 Å². The van der Waals surface area contributed by atoms with Crippen molar-refractivity contribution in [1.82, 2.24) is 9.80 Å². The number of hydrogen-bond donors (Lipinski definition) is 0. The molecule has 0 spiro atoms. The van der Waals surface area contributed by atoms with Crippen molar-refractivity contribution < 1.29 is 13.6 Å². The van der Waals surface area contributed by atoms with E-state index in [0.29, 0.717) is 13.1 Å². The predicted molar refractivity (Wildman–Crippen MR) is 88.7 cm³/mol. The van der Waals surface area contributed by atoms with Gasteiger partial charge in [0.2, 0.25) is 0 Å². The number of carbonyl (C=O) groups excluding carboxylic acids is 1. The van der Waals surface area contributed by atoms with Crippen LogP contribution in [0.1, 0.15) is 21.5 Å². The standard InChI is InChI=1S/C19H20F2N2O/c1-14-2-4-15(5-3-14)13-22-6-8-23(9-7-22)19(24)16-10-17(20)12-18(21)11-16/h2-5,10-12H,6-9,13H2,1H3. The number of carbonyl (C=O) groups is 1. The molecule has 0 atom stereocenters. The number of benzene rings is 2. The van der Waals surface area contributed by atoms with Crippen molar-refractivity contribution in [3.63, 3.8) is 0 Å². The molecule has 1 amide bonds. The van der Waals surface area contributed by atoms with E-state index in [4.69, 9.17) is 0 Å². The van der Waals surface area contributed by atoms with Gasteiger partial charge in [-0.15, -0.1) is 0 Å². The number of rotatable bonds is 3. The van der Waals surface area contributed by atoms with Gasteiger partial charge in [-0.2, -0.15) is 0 Å². The fraction of sp³-hybridized carbons (Fsp3) is 0.316. The summed E-state index contributed by atoms with van der Waals surface area (Å²) in [4.78, 5) is 16.3. The van der Waals surface area contributed by atoms with Gasteiger partial charge in [-0.3, -0.25) is 9.69 Å². The zero-order valence-corrected chi connectivity index (χ0v) is 13.6. The molecular formula is C19H20F2N2O. The van der Waals surface area contributed by atoms with Crippen LogP contribution in [0.15, 0.2) is 42.5 Å². The number of nitrogens with zero attached hydrogens (tertiary/aromatic N) is 2. The van der Waals surface area contributed by atoms with Crippen molar-refractivity contribution >= 4 is 5.91 Å². The van der Waals surface area contributed by atoms with E-state index in [2.05, 4.69) is 36.1 Å². The van der Waals surface area contributed by atoms with Gasteiger partial charge in [0.1, 0.15) is 11.6 Å². The number of amides is 1. The molecule has 0 unspecified atom stereocenters. The second kappa shape index (κ2) is 7.09. The molecule has 2 aromatic rings. The maximum atomic E-state index is 13.3. The molecule has 126 valence electrons. The lowest BCUT2D eigenvalue weighted by Gasteiger charge is -2.34. The Morgan fingerprint density at radius 2 is 1.54 bits per heavy atom. The summed E-state index contributed by atoms with van der Waals surface area (Å²) in [5, 5.41) is 0. The average Bonchev–Trinajstić information content (AvgIpc) is 2.56. The summed E-state index contributed by atoms with van der Waals surface area (Å²) in [7, 11) is 0. The number of aryl methyl sites for hydroxylation is 1. The van der Waals surface area contributed by atoms with Crippen molar-refractivity contribution in [3.8, 4) is 0 Å². The smallest absolute Gasteiger partial charge is 0.254 e. The lowest BCUT2D eigenvalue weighted by Crippen LogP contribution is -2.48. The molecule has 1 aliphatic heterocycles. The first kappa shape index (κ1) is 16.6. The first-order valence-electron chi connectivity index (χ1n) is 8.04. The third kappa shape index (κ3) is 3.97. The minimum absolute atomic E-state index is 0.0690. The van der Waals surface area contributed by atoms with E-state index < -0.39 is 11.6 Å². The van der Waals surface area contributed by atoms with Gasteiger partial charge in [-0.1, -0.05) is 29.8 Å². The van der Waals surface area contributed by atoms with Crippen LogP contribution in [0.2, 0.25) is 0 Å². The number of piperazine rings is 1. The molecule has 1 saturated heterocycles. The molecule has 0 saturated carbocycles. The maximum Gasteiger partial charge on any atom is 0.254 e. The van der Waals surface area contributed by atoms with Gasteiger partial charge in [-0.25, -0.2) is 8.78 Å². The lowest BCUT2D eigenvalue weighted by molar-refractivity contribution is 0.0627. The van der Waals surface area contributed by atoms with Crippen LogP contribution in [0.25, 0.3) is 0 Å². The zero-order chi connectivity index (χ0) is 17.1. The summed E-state index contributed by atoms with van der Waals surface area (Å²) >= 11 is 0. The Kier molecular flexibility index (Phi) is 4.90. The Morgan fingerprint density at radius 3 is 2.12 bits per heavy atom. The lowest BCUT2D eigenvalue weighted by atomic mass is 10.1. The molecule has 24 heavy (non-hydrogen) atoms. The molecule has 3 rings (SSSR count). The van der Waals surface area contributed by atoms with Gasteiger partial charge in [0.05, 0.1) is 0 Å². The topological polar surface area (TPSA) is 23.6 Å². The van der Waals surface area contributed by atoms with Gasteiger partial charge < -0.3 is 4.90 Å². The van der Waals surface area contributed by atoms with Gasteiger partial charge >= 0.3 is 0 Å². The second-order valence-electron chi connectivity index (χ2n) is 6.21. The largest absolute Gasteiger partial charge is 0.336 e. The fourth-order valence-corrected chi connectivity index (χ4v) is 2.92. The third-order valence-corrected chi connectivity index (χ3v) is 4.30. The van der Waals surface area contributed by atoms with E-state index in [-0.39, 0.29) is 11.5 Å². The minimum atomic E-state index is -0.726. The van der Waals surface area contributed by atoms with Crippen LogP contribution in [0.4, 0.5) is 8.78 Å². The van der Waals surface area contributed by atoms with Gasteiger partial charge in [0.15, 0.2) is 0 Å². The second-order valence-corrected chi connectivity index (χ2v) is 6.21. The molecule has 0 bridgehead atoms. The van der Waals surface area contributed by atoms with Crippen molar-refractivity contribution in [2.75, 3.05) is 26.2 Å². The molecule has 0 aromatic heterocycles.